The predicted octanol–water partition coefficient (Wildman–Crippen LogP) is 7.28. The molecule has 322 valence electrons. The maximum Gasteiger partial charge on any atom is 0.472 e. The minimum atomic E-state index is -5.10. The quantitative estimate of drug-likeness (QED) is 0.0164. The van der Waals surface area contributed by atoms with Crippen LogP contribution in [0, 0.1) is 0 Å². The van der Waals surface area contributed by atoms with Crippen LogP contribution >= 0.6 is 7.82 Å². The van der Waals surface area contributed by atoms with E-state index in [9.17, 15) is 44.6 Å². The molecule has 6 N–H and O–H groups in total. The topological polar surface area (TPSA) is 210 Å². The fourth-order valence-electron chi connectivity index (χ4n) is 6.32. The number of ether oxygens (including phenoxy) is 2. The summed E-state index contributed by atoms with van der Waals surface area (Å²) in [5, 5.41) is 49.9. The van der Waals surface area contributed by atoms with Crippen molar-refractivity contribution in [3.63, 3.8) is 0 Å². The van der Waals surface area contributed by atoms with Gasteiger partial charge >= 0.3 is 19.8 Å². The third-order valence-corrected chi connectivity index (χ3v) is 10.8. The van der Waals surface area contributed by atoms with Crippen molar-refractivity contribution in [2.45, 2.75) is 211 Å². The Morgan fingerprint density at radius 2 is 0.982 bits per heavy atom. The third-order valence-electron chi connectivity index (χ3n) is 9.80. The first kappa shape index (κ1) is 51.3. The van der Waals surface area contributed by atoms with Crippen LogP contribution in [-0.2, 0) is 32.7 Å². The molecule has 0 saturated heterocycles. The molecule has 0 bridgehead atoms. The lowest BCUT2D eigenvalue weighted by Gasteiger charge is -2.41. The van der Waals surface area contributed by atoms with Crippen LogP contribution in [0.1, 0.15) is 168 Å². The standard InChI is InChI=1S/C41H75O13P/c1-3-5-7-9-10-11-12-13-14-15-16-17-18-19-20-21-22-23-24-26-28-30-35(43)53-33(31-51-34(42)29-27-25-8-6-4-2)32-52-55(49,50)54-41-39(47)37(45)36(44)38(46)40(41)48/h12-13,15-16,33,36-41,44-48H,3-11,14,17-32H2,1-2H3,(H,49,50)/b13-12-,16-15-. The van der Waals surface area contributed by atoms with Crippen molar-refractivity contribution in [2.24, 2.45) is 0 Å². The van der Waals surface area contributed by atoms with Gasteiger partial charge in [0.15, 0.2) is 6.10 Å². The van der Waals surface area contributed by atoms with Gasteiger partial charge in [-0.05, 0) is 44.9 Å². The van der Waals surface area contributed by atoms with Crippen LogP contribution in [0.3, 0.4) is 0 Å². The number of unbranched alkanes of at least 4 members (excludes halogenated alkanes) is 18. The molecule has 0 radical (unpaired) electrons. The van der Waals surface area contributed by atoms with Crippen LogP contribution in [0.5, 0.6) is 0 Å². The summed E-state index contributed by atoms with van der Waals surface area (Å²) < 4.78 is 33.2. The zero-order valence-corrected chi connectivity index (χ0v) is 34.6. The lowest BCUT2D eigenvalue weighted by atomic mass is 9.85. The molecule has 0 aliphatic heterocycles. The number of carbonyl (C=O) groups excluding carboxylic acids is 2. The van der Waals surface area contributed by atoms with E-state index in [2.05, 4.69) is 38.2 Å². The van der Waals surface area contributed by atoms with Crippen LogP contribution in [0.25, 0.3) is 0 Å². The van der Waals surface area contributed by atoms with Gasteiger partial charge in [-0.25, -0.2) is 4.57 Å². The summed E-state index contributed by atoms with van der Waals surface area (Å²) in [7, 11) is -5.10. The highest BCUT2D eigenvalue weighted by Crippen LogP contribution is 2.47. The first-order valence-corrected chi connectivity index (χ1v) is 22.6. The highest BCUT2D eigenvalue weighted by Gasteiger charge is 2.51. The van der Waals surface area contributed by atoms with Crippen LogP contribution in [0.15, 0.2) is 24.3 Å². The normalized spacial score (nSPS) is 23.3. The molecule has 0 aromatic rings. The van der Waals surface area contributed by atoms with Gasteiger partial charge in [-0.1, -0.05) is 134 Å². The maximum absolute atomic E-state index is 12.7. The maximum atomic E-state index is 12.7. The van der Waals surface area contributed by atoms with E-state index in [0.717, 1.165) is 64.2 Å². The van der Waals surface area contributed by atoms with Gasteiger partial charge in [0.2, 0.25) is 0 Å². The molecule has 13 nitrogen and oxygen atoms in total. The lowest BCUT2D eigenvalue weighted by molar-refractivity contribution is -0.220. The van der Waals surface area contributed by atoms with Gasteiger partial charge in [0.05, 0.1) is 6.61 Å². The summed E-state index contributed by atoms with van der Waals surface area (Å²) in [4.78, 5) is 35.3. The Balaban J connectivity index is 2.36. The molecular formula is C41H75O13P. The molecule has 6 atom stereocenters. The van der Waals surface area contributed by atoms with Crippen LogP contribution < -0.4 is 0 Å². The molecule has 1 aliphatic carbocycles. The number of phosphoric ester groups is 1. The van der Waals surface area contributed by atoms with Gasteiger partial charge in [0.1, 0.15) is 43.2 Å². The van der Waals surface area contributed by atoms with E-state index in [4.69, 9.17) is 18.5 Å². The Hall–Kier alpha value is -1.67. The summed E-state index contributed by atoms with van der Waals surface area (Å²) >= 11 is 0. The first-order chi connectivity index (χ1) is 26.4. The highest BCUT2D eigenvalue weighted by molar-refractivity contribution is 7.47. The summed E-state index contributed by atoms with van der Waals surface area (Å²) in [6.45, 7) is 3.16. The molecule has 1 rings (SSSR count). The van der Waals surface area contributed by atoms with Gasteiger partial charge < -0.3 is 39.9 Å². The molecule has 14 heteroatoms. The Morgan fingerprint density at radius 1 is 0.564 bits per heavy atom. The first-order valence-electron chi connectivity index (χ1n) is 21.1. The smallest absolute Gasteiger partial charge is 0.462 e. The number of hydrogen-bond donors (Lipinski definition) is 6. The van der Waals surface area contributed by atoms with Crippen LogP contribution in [0.2, 0.25) is 0 Å². The zero-order valence-electron chi connectivity index (χ0n) is 33.7. The second-order valence-electron chi connectivity index (χ2n) is 14.8. The van der Waals surface area contributed by atoms with Crippen LogP contribution in [0.4, 0.5) is 0 Å². The number of aliphatic hydroxyl groups excluding tert-OH is 5. The van der Waals surface area contributed by atoms with Gasteiger partial charge in [0, 0.05) is 12.8 Å². The minimum absolute atomic E-state index is 0.0933. The van der Waals surface area contributed by atoms with Crippen molar-refractivity contribution in [1.82, 2.24) is 0 Å². The summed E-state index contributed by atoms with van der Waals surface area (Å²) in [6, 6.07) is 0. The van der Waals surface area contributed by atoms with Crippen molar-refractivity contribution < 1.29 is 63.1 Å². The molecule has 0 aromatic heterocycles. The Morgan fingerprint density at radius 3 is 1.47 bits per heavy atom. The van der Waals surface area contributed by atoms with E-state index in [1.165, 1.54) is 64.2 Å². The Labute approximate surface area is 330 Å². The highest BCUT2D eigenvalue weighted by atomic mass is 31.2. The van der Waals surface area contributed by atoms with Gasteiger partial charge in [-0.15, -0.1) is 0 Å². The van der Waals surface area contributed by atoms with Gasteiger partial charge in [0.25, 0.3) is 0 Å². The number of rotatable bonds is 34. The molecule has 0 amide bonds. The SMILES string of the molecule is CCCCCCC/C=C\C/C=C\CCCCCCCCCCCC(=O)OC(COC(=O)CCCCCCC)COP(=O)(O)OC1C(O)C(O)C(O)C(O)C1O. The van der Waals surface area contributed by atoms with E-state index in [1.807, 2.05) is 0 Å². The number of allylic oxidation sites excluding steroid dienone is 4. The van der Waals surface area contributed by atoms with E-state index >= 15 is 0 Å². The number of phosphoric acid groups is 1. The summed E-state index contributed by atoms with van der Waals surface area (Å²) in [5.41, 5.74) is 0. The fourth-order valence-corrected chi connectivity index (χ4v) is 7.29. The molecule has 0 spiro atoms. The molecule has 55 heavy (non-hydrogen) atoms. The van der Waals surface area contributed by atoms with Crippen LogP contribution in [-0.4, -0.2) is 98.3 Å². The number of aliphatic hydroxyl groups is 5. The second kappa shape index (κ2) is 32.3. The molecule has 1 fully saturated rings. The van der Waals surface area contributed by atoms with Crippen molar-refractivity contribution in [2.75, 3.05) is 13.2 Å². The second-order valence-corrected chi connectivity index (χ2v) is 16.3. The fraction of sp³-hybridized carbons (Fsp3) is 0.854. The number of carbonyl (C=O) groups is 2. The van der Waals surface area contributed by atoms with E-state index in [1.54, 1.807) is 0 Å². The lowest BCUT2D eigenvalue weighted by Crippen LogP contribution is -2.64. The number of esters is 2. The van der Waals surface area contributed by atoms with Crippen molar-refractivity contribution in [1.29, 1.82) is 0 Å². The number of hydrogen-bond acceptors (Lipinski definition) is 12. The molecule has 0 heterocycles. The Bertz CT molecular complexity index is 1070. The zero-order chi connectivity index (χ0) is 40.7. The molecule has 0 aromatic carbocycles. The Kier molecular flexibility index (Phi) is 30.2. The summed E-state index contributed by atoms with van der Waals surface area (Å²) in [5.74, 6) is -1.12. The van der Waals surface area contributed by atoms with Crippen molar-refractivity contribution in [3.8, 4) is 0 Å². The largest absolute Gasteiger partial charge is 0.472 e. The molecular weight excluding hydrogens is 731 g/mol. The molecule has 1 saturated carbocycles. The average molecular weight is 807 g/mol. The third kappa shape index (κ3) is 25.3. The van der Waals surface area contributed by atoms with Gasteiger partial charge in [-0.2, -0.15) is 0 Å². The monoisotopic (exact) mass is 806 g/mol. The van der Waals surface area contributed by atoms with Crippen molar-refractivity contribution in [3.05, 3.63) is 24.3 Å². The average Bonchev–Trinajstić information content (AvgIpc) is 3.16. The van der Waals surface area contributed by atoms with Crippen molar-refractivity contribution >= 4 is 19.8 Å². The van der Waals surface area contributed by atoms with E-state index in [-0.39, 0.29) is 12.8 Å². The van der Waals surface area contributed by atoms with Gasteiger partial charge in [-0.3, -0.25) is 18.6 Å². The van der Waals surface area contributed by atoms with E-state index < -0.39 is 75.7 Å². The predicted molar refractivity (Wildman–Crippen MR) is 212 cm³/mol. The molecule has 1 aliphatic rings. The summed E-state index contributed by atoms with van der Waals surface area (Å²) in [6.07, 6.45) is 20.2. The molecule has 6 unspecified atom stereocenters. The minimum Gasteiger partial charge on any atom is -0.462 e. The van der Waals surface area contributed by atoms with E-state index in [0.29, 0.717) is 12.8 Å².